The van der Waals surface area contributed by atoms with Crippen LogP contribution < -0.4 is 10.2 Å². The normalized spacial score (nSPS) is 14.5. The lowest BCUT2D eigenvalue weighted by molar-refractivity contribution is -0.384. The highest BCUT2D eigenvalue weighted by atomic mass is 16.6. The van der Waals surface area contributed by atoms with Gasteiger partial charge in [-0.15, -0.1) is 0 Å². The third-order valence-corrected chi connectivity index (χ3v) is 4.74. The van der Waals surface area contributed by atoms with Crippen molar-refractivity contribution in [3.05, 3.63) is 68.8 Å². The summed E-state index contributed by atoms with van der Waals surface area (Å²) in [6.07, 6.45) is 3.27. The number of rotatable bonds is 5. The number of benzene rings is 2. The average molecular weight is 406 g/mol. The van der Waals surface area contributed by atoms with E-state index in [9.17, 15) is 25.3 Å². The number of nitro benzene ring substituents is 1. The number of aryl methyl sites for hydroxylation is 1. The maximum Gasteiger partial charge on any atom is 0.282 e. The Morgan fingerprint density at radius 3 is 2.83 bits per heavy atom. The van der Waals surface area contributed by atoms with Gasteiger partial charge >= 0.3 is 0 Å². The van der Waals surface area contributed by atoms with Crippen LogP contribution in [0.1, 0.15) is 29.5 Å². The molecule has 9 heteroatoms. The molecule has 1 aliphatic rings. The van der Waals surface area contributed by atoms with Crippen LogP contribution >= 0.6 is 0 Å². The maximum absolute atomic E-state index is 12.6. The minimum absolute atomic E-state index is 0.0541. The van der Waals surface area contributed by atoms with Crippen molar-refractivity contribution in [3.8, 4) is 17.6 Å². The molecule has 9 nitrogen and oxygen atoms in total. The maximum atomic E-state index is 12.6. The number of hydrazone groups is 1. The number of carbonyl (C=O) groups is 1. The van der Waals surface area contributed by atoms with Gasteiger partial charge in [0.1, 0.15) is 23.1 Å². The highest BCUT2D eigenvalue weighted by Crippen LogP contribution is 2.35. The summed E-state index contributed by atoms with van der Waals surface area (Å²) >= 11 is 0. The van der Waals surface area contributed by atoms with E-state index in [1.165, 1.54) is 0 Å². The first-order valence-electron chi connectivity index (χ1n) is 9.06. The lowest BCUT2D eigenvalue weighted by atomic mass is 9.84. The van der Waals surface area contributed by atoms with Crippen LogP contribution in [0.3, 0.4) is 0 Å². The molecule has 1 amide bonds. The number of fused-ring (bicyclic) bond motifs is 1. The standard InChI is InChI=1S/C21H18N4O5/c1-30-16-6-7-17-13(10-16)3-2-4-18(17)19(11-22)21(27)24-23-12-14-9-15(25(28)29)5-8-20(14)26/h5-10,12,26H,2-4H2,1H3,(H,24,27)/b19-18?,23-12+. The van der Waals surface area contributed by atoms with Crippen LogP contribution in [-0.4, -0.2) is 29.3 Å². The molecule has 0 atom stereocenters. The topological polar surface area (TPSA) is 138 Å². The van der Waals surface area contributed by atoms with E-state index in [2.05, 4.69) is 10.5 Å². The summed E-state index contributed by atoms with van der Waals surface area (Å²) in [5, 5.41) is 34.0. The van der Waals surface area contributed by atoms with Crippen LogP contribution in [0, 0.1) is 21.4 Å². The SMILES string of the molecule is COc1ccc2c(c1)CCCC2=C(C#N)C(=O)N/N=C/c1cc([N+](=O)[O-])ccc1O. The van der Waals surface area contributed by atoms with E-state index in [-0.39, 0.29) is 22.6 Å². The minimum Gasteiger partial charge on any atom is -0.507 e. The van der Waals surface area contributed by atoms with Gasteiger partial charge in [-0.3, -0.25) is 14.9 Å². The summed E-state index contributed by atoms with van der Waals surface area (Å²) in [6.45, 7) is 0. The molecular formula is C21H18N4O5. The number of phenols is 1. The Kier molecular flexibility index (Phi) is 6.08. The molecular weight excluding hydrogens is 388 g/mol. The van der Waals surface area contributed by atoms with Crippen molar-refractivity contribution in [2.45, 2.75) is 19.3 Å². The van der Waals surface area contributed by atoms with Crippen molar-refractivity contribution in [2.75, 3.05) is 7.11 Å². The zero-order chi connectivity index (χ0) is 21.7. The van der Waals surface area contributed by atoms with Crippen LogP contribution in [0.2, 0.25) is 0 Å². The summed E-state index contributed by atoms with van der Waals surface area (Å²) in [5.41, 5.74) is 4.49. The lowest BCUT2D eigenvalue weighted by Crippen LogP contribution is -2.21. The second-order valence-corrected chi connectivity index (χ2v) is 6.54. The van der Waals surface area contributed by atoms with E-state index < -0.39 is 10.8 Å². The first-order chi connectivity index (χ1) is 14.4. The molecule has 0 fully saturated rings. The van der Waals surface area contributed by atoms with Gasteiger partial charge in [0.15, 0.2) is 0 Å². The van der Waals surface area contributed by atoms with E-state index in [1.54, 1.807) is 13.2 Å². The van der Waals surface area contributed by atoms with Crippen molar-refractivity contribution >= 4 is 23.4 Å². The van der Waals surface area contributed by atoms with Gasteiger partial charge in [-0.25, -0.2) is 5.43 Å². The number of hydrogen-bond acceptors (Lipinski definition) is 7. The number of phenolic OH excluding ortho intramolecular Hbond substituents is 1. The molecule has 1 aliphatic carbocycles. The number of hydrogen-bond donors (Lipinski definition) is 2. The van der Waals surface area contributed by atoms with Gasteiger partial charge < -0.3 is 9.84 Å². The largest absolute Gasteiger partial charge is 0.507 e. The molecule has 30 heavy (non-hydrogen) atoms. The lowest BCUT2D eigenvalue weighted by Gasteiger charge is -2.20. The molecule has 3 rings (SSSR count). The van der Waals surface area contributed by atoms with Crippen LogP contribution in [0.5, 0.6) is 11.5 Å². The molecule has 0 aromatic heterocycles. The summed E-state index contributed by atoms with van der Waals surface area (Å²) in [4.78, 5) is 22.8. The van der Waals surface area contributed by atoms with Crippen LogP contribution in [-0.2, 0) is 11.2 Å². The molecule has 0 aliphatic heterocycles. The Morgan fingerprint density at radius 1 is 1.33 bits per heavy atom. The van der Waals surface area contributed by atoms with Crippen molar-refractivity contribution < 1.29 is 19.6 Å². The molecule has 0 heterocycles. The second-order valence-electron chi connectivity index (χ2n) is 6.54. The third-order valence-electron chi connectivity index (χ3n) is 4.74. The number of ether oxygens (including phenoxy) is 1. The molecule has 152 valence electrons. The predicted octanol–water partition coefficient (Wildman–Crippen LogP) is 3.07. The van der Waals surface area contributed by atoms with Gasteiger partial charge in [-0.05, 0) is 54.2 Å². The molecule has 2 aromatic rings. The van der Waals surface area contributed by atoms with E-state index >= 15 is 0 Å². The number of carbonyl (C=O) groups excluding carboxylic acids is 1. The summed E-state index contributed by atoms with van der Waals surface area (Å²) in [5.74, 6) is -0.218. The van der Waals surface area contributed by atoms with Gasteiger partial charge in [0.05, 0.1) is 18.2 Å². The number of nitrogens with zero attached hydrogens (tertiary/aromatic N) is 3. The van der Waals surface area contributed by atoms with Crippen LogP contribution in [0.25, 0.3) is 5.57 Å². The summed E-state index contributed by atoms with van der Waals surface area (Å²) < 4.78 is 5.24. The van der Waals surface area contributed by atoms with Crippen molar-refractivity contribution in [2.24, 2.45) is 5.10 Å². The summed E-state index contributed by atoms with van der Waals surface area (Å²) in [7, 11) is 1.58. The fraction of sp³-hybridized carbons (Fsp3) is 0.190. The van der Waals surface area contributed by atoms with Gasteiger partial charge in [-0.2, -0.15) is 10.4 Å². The van der Waals surface area contributed by atoms with Gasteiger partial charge in [0, 0.05) is 17.7 Å². The highest BCUT2D eigenvalue weighted by molar-refractivity contribution is 6.05. The van der Waals surface area contributed by atoms with E-state index in [1.807, 2.05) is 18.2 Å². The number of amides is 1. The predicted molar refractivity (Wildman–Crippen MR) is 109 cm³/mol. The third kappa shape index (κ3) is 4.28. The zero-order valence-corrected chi connectivity index (χ0v) is 16.1. The number of allylic oxidation sites excluding steroid dienone is 1. The Labute approximate surface area is 172 Å². The number of nitrogens with one attached hydrogen (secondary N) is 1. The van der Waals surface area contributed by atoms with Gasteiger partial charge in [0.25, 0.3) is 11.6 Å². The quantitative estimate of drug-likeness (QED) is 0.257. The fourth-order valence-corrected chi connectivity index (χ4v) is 3.28. The number of aromatic hydroxyl groups is 1. The fourth-order valence-electron chi connectivity index (χ4n) is 3.28. The Morgan fingerprint density at radius 2 is 2.13 bits per heavy atom. The number of non-ortho nitro benzene ring substituents is 1. The highest BCUT2D eigenvalue weighted by Gasteiger charge is 2.22. The Bertz CT molecular complexity index is 1110. The van der Waals surface area contributed by atoms with E-state index in [0.29, 0.717) is 17.7 Å². The molecule has 2 N–H and O–H groups in total. The molecule has 0 saturated carbocycles. The Hall–Kier alpha value is -4.19. The summed E-state index contributed by atoms with van der Waals surface area (Å²) in [6, 6.07) is 10.9. The van der Waals surface area contributed by atoms with E-state index in [0.717, 1.165) is 48.4 Å². The van der Waals surface area contributed by atoms with Gasteiger partial charge in [-0.1, -0.05) is 6.07 Å². The molecule has 0 saturated heterocycles. The molecule has 0 radical (unpaired) electrons. The van der Waals surface area contributed by atoms with Crippen LogP contribution in [0.15, 0.2) is 47.1 Å². The molecule has 0 spiro atoms. The minimum atomic E-state index is -0.697. The van der Waals surface area contributed by atoms with Crippen molar-refractivity contribution in [1.29, 1.82) is 5.26 Å². The Balaban J connectivity index is 1.85. The first-order valence-corrected chi connectivity index (χ1v) is 9.06. The monoisotopic (exact) mass is 406 g/mol. The zero-order valence-electron chi connectivity index (χ0n) is 16.1. The van der Waals surface area contributed by atoms with Crippen LogP contribution in [0.4, 0.5) is 5.69 Å². The average Bonchev–Trinajstić information content (AvgIpc) is 2.75. The number of nitro groups is 1. The smallest absolute Gasteiger partial charge is 0.282 e. The molecule has 0 unspecified atom stereocenters. The molecule has 2 aromatic carbocycles. The van der Waals surface area contributed by atoms with Crippen molar-refractivity contribution in [1.82, 2.24) is 5.43 Å². The first kappa shape index (κ1) is 20.5. The van der Waals surface area contributed by atoms with Gasteiger partial charge in [0.2, 0.25) is 0 Å². The van der Waals surface area contributed by atoms with Crippen molar-refractivity contribution in [3.63, 3.8) is 0 Å². The van der Waals surface area contributed by atoms with E-state index in [4.69, 9.17) is 4.74 Å². The number of nitriles is 1. The second kappa shape index (κ2) is 8.87. The molecule has 0 bridgehead atoms. The number of methoxy groups -OCH3 is 1.